The summed E-state index contributed by atoms with van der Waals surface area (Å²) < 4.78 is 27.0. The standard InChI is InChI=1S/C21H24F2N4O2/c22-14-2-4-18-15(10-14)19(28)11-21(26-18)5-7-27(8-6-21)20(29)25-12-13-1-3-17(24)16(23)9-13/h1-4,9-10,19,26,28H,5-8,11-12,24H2,(H,25,29)/t19-/m1/s1. The predicted molar refractivity (Wildman–Crippen MR) is 106 cm³/mol. The number of nitrogens with zero attached hydrogens (tertiary/aromatic N) is 1. The predicted octanol–water partition coefficient (Wildman–Crippen LogP) is 3.14. The number of benzene rings is 2. The smallest absolute Gasteiger partial charge is 0.317 e. The second-order valence-electron chi connectivity index (χ2n) is 7.86. The molecule has 1 saturated heterocycles. The summed E-state index contributed by atoms with van der Waals surface area (Å²) in [5.41, 5.74) is 7.18. The number of piperidine rings is 1. The van der Waals surface area contributed by atoms with Gasteiger partial charge in [0.05, 0.1) is 11.8 Å². The van der Waals surface area contributed by atoms with Crippen molar-refractivity contribution >= 4 is 17.4 Å². The van der Waals surface area contributed by atoms with Crippen LogP contribution in [-0.2, 0) is 6.54 Å². The van der Waals surface area contributed by atoms with Crippen molar-refractivity contribution in [2.24, 2.45) is 0 Å². The number of aliphatic hydroxyl groups is 1. The average molecular weight is 402 g/mol. The molecule has 0 radical (unpaired) electrons. The third-order valence-electron chi connectivity index (χ3n) is 5.87. The van der Waals surface area contributed by atoms with Gasteiger partial charge in [0, 0.05) is 42.8 Å². The van der Waals surface area contributed by atoms with E-state index in [0.717, 1.165) is 5.69 Å². The highest BCUT2D eigenvalue weighted by Gasteiger charge is 2.41. The Morgan fingerprint density at radius 2 is 2.00 bits per heavy atom. The number of nitrogen functional groups attached to an aromatic ring is 1. The fraction of sp³-hybridized carbons (Fsp3) is 0.381. The lowest BCUT2D eigenvalue weighted by molar-refractivity contribution is 0.0988. The number of nitrogens with two attached hydrogens (primary N) is 1. The van der Waals surface area contributed by atoms with Crippen molar-refractivity contribution in [3.8, 4) is 0 Å². The van der Waals surface area contributed by atoms with Gasteiger partial charge in [-0.05, 0) is 48.7 Å². The number of urea groups is 1. The first-order chi connectivity index (χ1) is 13.8. The van der Waals surface area contributed by atoms with Gasteiger partial charge in [0.25, 0.3) is 0 Å². The molecule has 0 saturated carbocycles. The molecule has 0 aromatic heterocycles. The van der Waals surface area contributed by atoms with Crippen molar-refractivity contribution in [3.63, 3.8) is 0 Å². The molecular weight excluding hydrogens is 378 g/mol. The normalized spacial score (nSPS) is 20.1. The highest BCUT2D eigenvalue weighted by atomic mass is 19.1. The Hall–Kier alpha value is -2.87. The summed E-state index contributed by atoms with van der Waals surface area (Å²) in [6.45, 7) is 1.27. The Balaban J connectivity index is 1.35. The molecule has 2 aliphatic rings. The summed E-state index contributed by atoms with van der Waals surface area (Å²) in [5.74, 6) is -0.869. The van der Waals surface area contributed by atoms with E-state index < -0.39 is 11.9 Å². The first kappa shape index (κ1) is 19.4. The van der Waals surface area contributed by atoms with Gasteiger partial charge < -0.3 is 26.4 Å². The van der Waals surface area contributed by atoms with Crippen LogP contribution in [0.25, 0.3) is 0 Å². The molecule has 1 atom stereocenters. The fourth-order valence-electron chi connectivity index (χ4n) is 4.18. The number of fused-ring (bicyclic) bond motifs is 1. The third kappa shape index (κ3) is 3.98. The molecule has 1 spiro atoms. The quantitative estimate of drug-likeness (QED) is 0.581. The van der Waals surface area contributed by atoms with Crippen molar-refractivity contribution < 1.29 is 18.7 Å². The second-order valence-corrected chi connectivity index (χ2v) is 7.86. The molecule has 2 aliphatic heterocycles. The summed E-state index contributed by atoms with van der Waals surface area (Å²) in [5, 5.41) is 16.8. The average Bonchev–Trinajstić information content (AvgIpc) is 2.70. The van der Waals surface area contributed by atoms with E-state index in [1.165, 1.54) is 24.3 Å². The van der Waals surface area contributed by atoms with Crippen LogP contribution in [0, 0.1) is 11.6 Å². The van der Waals surface area contributed by atoms with Crippen LogP contribution in [0.4, 0.5) is 25.0 Å². The van der Waals surface area contributed by atoms with E-state index in [-0.39, 0.29) is 29.6 Å². The summed E-state index contributed by atoms with van der Waals surface area (Å²) in [6, 6.07) is 8.65. The first-order valence-electron chi connectivity index (χ1n) is 9.68. The van der Waals surface area contributed by atoms with Gasteiger partial charge in [0.2, 0.25) is 0 Å². The van der Waals surface area contributed by atoms with Crippen LogP contribution in [0.5, 0.6) is 0 Å². The Bertz CT molecular complexity index is 929. The topological polar surface area (TPSA) is 90.6 Å². The molecule has 8 heteroatoms. The molecule has 0 bridgehead atoms. The van der Waals surface area contributed by atoms with Crippen LogP contribution in [0.1, 0.15) is 36.5 Å². The van der Waals surface area contributed by atoms with E-state index in [1.54, 1.807) is 17.0 Å². The zero-order chi connectivity index (χ0) is 20.6. The molecular formula is C21H24F2N4O2. The molecule has 0 unspecified atom stereocenters. The van der Waals surface area contributed by atoms with E-state index in [2.05, 4.69) is 10.6 Å². The van der Waals surface area contributed by atoms with Crippen molar-refractivity contribution in [3.05, 3.63) is 59.2 Å². The number of aliphatic hydroxyl groups excluding tert-OH is 1. The lowest BCUT2D eigenvalue weighted by Crippen LogP contribution is -2.54. The zero-order valence-electron chi connectivity index (χ0n) is 15.9. The number of rotatable bonds is 2. The van der Waals surface area contributed by atoms with E-state index in [1.807, 2.05) is 0 Å². The van der Waals surface area contributed by atoms with Gasteiger partial charge in [-0.3, -0.25) is 0 Å². The monoisotopic (exact) mass is 402 g/mol. The van der Waals surface area contributed by atoms with Gasteiger partial charge in [-0.25, -0.2) is 13.6 Å². The van der Waals surface area contributed by atoms with E-state index in [0.29, 0.717) is 43.5 Å². The Kier molecular flexibility index (Phi) is 5.04. The van der Waals surface area contributed by atoms with Gasteiger partial charge in [-0.1, -0.05) is 6.07 Å². The number of hydrogen-bond donors (Lipinski definition) is 4. The summed E-state index contributed by atoms with van der Waals surface area (Å²) in [6.07, 6.45) is 1.09. The highest BCUT2D eigenvalue weighted by molar-refractivity contribution is 5.74. The molecule has 154 valence electrons. The van der Waals surface area contributed by atoms with Gasteiger partial charge in [-0.15, -0.1) is 0 Å². The minimum absolute atomic E-state index is 0.0767. The molecule has 2 heterocycles. The maximum Gasteiger partial charge on any atom is 0.317 e. The Labute approximate surface area is 167 Å². The molecule has 4 rings (SSSR count). The van der Waals surface area contributed by atoms with Crippen LogP contribution >= 0.6 is 0 Å². The molecule has 1 fully saturated rings. The van der Waals surface area contributed by atoms with Crippen molar-refractivity contribution in [1.82, 2.24) is 10.2 Å². The first-order valence-corrected chi connectivity index (χ1v) is 9.68. The van der Waals surface area contributed by atoms with E-state index >= 15 is 0 Å². The van der Waals surface area contributed by atoms with Crippen LogP contribution in [0.3, 0.4) is 0 Å². The summed E-state index contributed by atoms with van der Waals surface area (Å²) in [7, 11) is 0. The number of hydrogen-bond acceptors (Lipinski definition) is 4. The second kappa shape index (κ2) is 7.51. The molecule has 2 aromatic carbocycles. The number of nitrogens with one attached hydrogen (secondary N) is 2. The number of carbonyl (C=O) groups excluding carboxylic acids is 1. The lowest BCUT2D eigenvalue weighted by Gasteiger charge is -2.47. The maximum atomic E-state index is 13.5. The van der Waals surface area contributed by atoms with Crippen LogP contribution < -0.4 is 16.4 Å². The van der Waals surface area contributed by atoms with E-state index in [9.17, 15) is 18.7 Å². The van der Waals surface area contributed by atoms with E-state index in [4.69, 9.17) is 5.73 Å². The highest BCUT2D eigenvalue weighted by Crippen LogP contribution is 2.42. The van der Waals surface area contributed by atoms with Crippen LogP contribution in [-0.4, -0.2) is 34.7 Å². The minimum atomic E-state index is -0.734. The largest absolute Gasteiger partial charge is 0.396 e. The Morgan fingerprint density at radius 1 is 1.24 bits per heavy atom. The van der Waals surface area contributed by atoms with Gasteiger partial charge in [-0.2, -0.15) is 0 Å². The van der Waals surface area contributed by atoms with Gasteiger partial charge >= 0.3 is 6.03 Å². The van der Waals surface area contributed by atoms with Crippen molar-refractivity contribution in [1.29, 1.82) is 0 Å². The summed E-state index contributed by atoms with van der Waals surface area (Å²) in [4.78, 5) is 14.2. The molecule has 0 aliphatic carbocycles. The third-order valence-corrected chi connectivity index (χ3v) is 5.87. The number of likely N-dealkylation sites (tertiary alicyclic amines) is 1. The van der Waals surface area contributed by atoms with Crippen molar-refractivity contribution in [2.75, 3.05) is 24.1 Å². The van der Waals surface area contributed by atoms with Crippen LogP contribution in [0.15, 0.2) is 36.4 Å². The Morgan fingerprint density at radius 3 is 2.72 bits per heavy atom. The number of carbonyl (C=O) groups is 1. The minimum Gasteiger partial charge on any atom is -0.396 e. The molecule has 5 N–H and O–H groups in total. The summed E-state index contributed by atoms with van der Waals surface area (Å²) >= 11 is 0. The lowest BCUT2D eigenvalue weighted by atomic mass is 9.77. The molecule has 29 heavy (non-hydrogen) atoms. The van der Waals surface area contributed by atoms with Gasteiger partial charge in [0.1, 0.15) is 11.6 Å². The van der Waals surface area contributed by atoms with Crippen molar-refractivity contribution in [2.45, 2.75) is 37.5 Å². The zero-order valence-corrected chi connectivity index (χ0v) is 15.9. The fourth-order valence-corrected chi connectivity index (χ4v) is 4.18. The van der Waals surface area contributed by atoms with Crippen LogP contribution in [0.2, 0.25) is 0 Å². The van der Waals surface area contributed by atoms with Gasteiger partial charge in [0.15, 0.2) is 0 Å². The molecule has 2 aromatic rings. The molecule has 2 amide bonds. The number of halogens is 2. The SMILES string of the molecule is Nc1ccc(CNC(=O)N2CCC3(CC2)C[C@@H](O)c2cc(F)ccc2N3)cc1F. The molecule has 6 nitrogen and oxygen atoms in total. The number of amides is 2. The number of anilines is 2. The maximum absolute atomic E-state index is 13.5.